The Morgan fingerprint density at radius 3 is 2.86 bits per heavy atom. The van der Waals surface area contributed by atoms with E-state index >= 15 is 0 Å². The molecule has 2 aliphatic rings. The molecule has 0 spiro atoms. The van der Waals surface area contributed by atoms with Crippen LogP contribution in [0.5, 0.6) is 0 Å². The monoisotopic (exact) mass is 301 g/mol. The van der Waals surface area contributed by atoms with Gasteiger partial charge in [0, 0.05) is 43.5 Å². The summed E-state index contributed by atoms with van der Waals surface area (Å²) in [6.07, 6.45) is 4.11. The summed E-state index contributed by atoms with van der Waals surface area (Å²) in [5.41, 5.74) is 1.19. The molecule has 1 unspecified atom stereocenters. The lowest BCUT2D eigenvalue weighted by atomic mass is 10.3. The van der Waals surface area contributed by atoms with Gasteiger partial charge in [0.1, 0.15) is 0 Å². The summed E-state index contributed by atoms with van der Waals surface area (Å²) in [7, 11) is 2.19. The van der Waals surface area contributed by atoms with Crippen molar-refractivity contribution >= 4 is 17.4 Å². The maximum absolute atomic E-state index is 4.52. The number of hydrogen-bond acceptors (Lipinski definition) is 5. The molecule has 1 atom stereocenters. The molecule has 110 valence electrons. The van der Waals surface area contributed by atoms with Crippen LogP contribution in [0, 0.1) is 0 Å². The van der Waals surface area contributed by atoms with Gasteiger partial charge in [0.05, 0.1) is 5.69 Å². The first-order valence-corrected chi connectivity index (χ1v) is 8.12. The normalized spacial score (nSPS) is 23.0. The van der Waals surface area contributed by atoms with Gasteiger partial charge >= 0.3 is 0 Å². The van der Waals surface area contributed by atoms with Gasteiger partial charge in [-0.05, 0) is 30.9 Å². The van der Waals surface area contributed by atoms with E-state index < -0.39 is 0 Å². The Bertz CT molecular complexity index is 632. The molecule has 1 N–H and O–H groups in total. The maximum atomic E-state index is 4.52. The Kier molecular flexibility index (Phi) is 3.37. The van der Waals surface area contributed by atoms with Crippen LogP contribution in [-0.4, -0.2) is 52.6 Å². The molecule has 2 aliphatic heterocycles. The van der Waals surface area contributed by atoms with Crippen LogP contribution < -0.4 is 5.32 Å². The van der Waals surface area contributed by atoms with Crippen LogP contribution in [0.3, 0.4) is 0 Å². The van der Waals surface area contributed by atoms with Gasteiger partial charge in [-0.2, -0.15) is 0 Å². The third-order valence-electron chi connectivity index (χ3n) is 4.15. The number of anilines is 1. The molecule has 4 rings (SSSR count). The zero-order valence-electron chi connectivity index (χ0n) is 12.1. The second-order valence-electron chi connectivity index (χ2n) is 5.57. The first-order chi connectivity index (χ1) is 10.3. The zero-order valence-corrected chi connectivity index (χ0v) is 12.9. The van der Waals surface area contributed by atoms with Crippen molar-refractivity contribution in [1.29, 1.82) is 0 Å². The van der Waals surface area contributed by atoms with Gasteiger partial charge in [0.25, 0.3) is 0 Å². The zero-order chi connectivity index (χ0) is 14.2. The van der Waals surface area contributed by atoms with Gasteiger partial charge in [-0.1, -0.05) is 12.1 Å². The summed E-state index contributed by atoms with van der Waals surface area (Å²) in [5.74, 6) is 0. The van der Waals surface area contributed by atoms with Gasteiger partial charge < -0.3 is 10.2 Å². The fraction of sp³-hybridized carbons (Fsp3) is 0.400. The predicted octanol–water partition coefficient (Wildman–Crippen LogP) is 2.16. The molecule has 21 heavy (non-hydrogen) atoms. The highest BCUT2D eigenvalue weighted by Crippen LogP contribution is 2.38. The Labute approximate surface area is 128 Å². The average molecular weight is 301 g/mol. The number of benzene rings is 1. The van der Waals surface area contributed by atoms with Crippen molar-refractivity contribution in [1.82, 2.24) is 19.4 Å². The smallest absolute Gasteiger partial charge is 0.175 e. The number of para-hydroxylation sites is 1. The average Bonchev–Trinajstić information content (AvgIpc) is 2.89. The summed E-state index contributed by atoms with van der Waals surface area (Å²) < 4.78 is 2.25. The molecular formula is C15H19N5S. The largest absolute Gasteiger partial charge is 0.351 e. The highest BCUT2D eigenvalue weighted by Gasteiger charge is 2.28. The minimum absolute atomic E-state index is 0.146. The molecule has 0 radical (unpaired) electrons. The van der Waals surface area contributed by atoms with E-state index in [1.165, 1.54) is 10.6 Å². The lowest BCUT2D eigenvalue weighted by Gasteiger charge is -2.38. The molecule has 1 aromatic carbocycles. The number of nitrogens with zero attached hydrogens (tertiary/aromatic N) is 4. The van der Waals surface area contributed by atoms with Crippen molar-refractivity contribution in [3.8, 4) is 0 Å². The summed E-state index contributed by atoms with van der Waals surface area (Å²) in [6, 6.07) is 8.47. The fourth-order valence-electron chi connectivity index (χ4n) is 2.88. The number of piperazine rings is 1. The van der Waals surface area contributed by atoms with E-state index in [2.05, 4.69) is 62.2 Å². The van der Waals surface area contributed by atoms with Gasteiger partial charge in [0.15, 0.2) is 11.4 Å². The van der Waals surface area contributed by atoms with E-state index in [1.807, 2.05) is 6.20 Å². The molecule has 0 bridgehead atoms. The fourth-order valence-corrected chi connectivity index (χ4v) is 3.84. The van der Waals surface area contributed by atoms with Gasteiger partial charge in [-0.15, -0.1) is 0 Å². The van der Waals surface area contributed by atoms with E-state index in [-0.39, 0.29) is 6.29 Å². The van der Waals surface area contributed by atoms with Crippen molar-refractivity contribution < 1.29 is 0 Å². The van der Waals surface area contributed by atoms with E-state index in [0.717, 1.165) is 31.3 Å². The van der Waals surface area contributed by atoms with Crippen LogP contribution in [0.1, 0.15) is 6.29 Å². The SMILES string of the molecule is CN1CCN(C2Nc3ccccc3Sc3nccn32)CC1. The van der Waals surface area contributed by atoms with Crippen molar-refractivity contribution in [2.45, 2.75) is 16.3 Å². The second-order valence-corrected chi connectivity index (χ2v) is 6.58. The molecule has 0 saturated carbocycles. The predicted molar refractivity (Wildman–Crippen MR) is 84.5 cm³/mol. The Balaban J connectivity index is 1.70. The molecule has 3 heterocycles. The van der Waals surface area contributed by atoms with Gasteiger partial charge in [-0.25, -0.2) is 4.98 Å². The number of nitrogens with one attached hydrogen (secondary N) is 1. The van der Waals surface area contributed by atoms with Crippen LogP contribution in [0.4, 0.5) is 5.69 Å². The van der Waals surface area contributed by atoms with Crippen LogP contribution in [-0.2, 0) is 0 Å². The van der Waals surface area contributed by atoms with E-state index in [4.69, 9.17) is 0 Å². The van der Waals surface area contributed by atoms with E-state index in [0.29, 0.717) is 0 Å². The number of imidazole rings is 1. The lowest BCUT2D eigenvalue weighted by molar-refractivity contribution is 0.0866. The van der Waals surface area contributed by atoms with Crippen LogP contribution in [0.2, 0.25) is 0 Å². The number of rotatable bonds is 1. The molecule has 1 fully saturated rings. The summed E-state index contributed by atoms with van der Waals surface area (Å²) in [5, 5.41) is 4.75. The molecule has 0 aliphatic carbocycles. The molecular weight excluding hydrogens is 282 g/mol. The minimum atomic E-state index is 0.146. The van der Waals surface area contributed by atoms with Crippen LogP contribution >= 0.6 is 11.8 Å². The molecule has 1 saturated heterocycles. The number of likely N-dealkylation sites (N-methyl/N-ethyl adjacent to an activating group) is 1. The molecule has 0 amide bonds. The van der Waals surface area contributed by atoms with E-state index in [1.54, 1.807) is 11.8 Å². The maximum Gasteiger partial charge on any atom is 0.175 e. The highest BCUT2D eigenvalue weighted by molar-refractivity contribution is 7.99. The Morgan fingerprint density at radius 1 is 1.19 bits per heavy atom. The van der Waals surface area contributed by atoms with Crippen LogP contribution in [0.15, 0.2) is 46.7 Å². The summed E-state index contributed by atoms with van der Waals surface area (Å²) in [6.45, 7) is 4.35. The lowest BCUT2D eigenvalue weighted by Crippen LogP contribution is -2.49. The Morgan fingerprint density at radius 2 is 2.00 bits per heavy atom. The van der Waals surface area contributed by atoms with Crippen molar-refractivity contribution in [3.05, 3.63) is 36.7 Å². The first-order valence-electron chi connectivity index (χ1n) is 7.30. The molecule has 2 aromatic rings. The van der Waals surface area contributed by atoms with Crippen molar-refractivity contribution in [2.24, 2.45) is 0 Å². The minimum Gasteiger partial charge on any atom is -0.351 e. The number of fused-ring (bicyclic) bond motifs is 2. The van der Waals surface area contributed by atoms with E-state index in [9.17, 15) is 0 Å². The van der Waals surface area contributed by atoms with Gasteiger partial charge in [0.2, 0.25) is 0 Å². The second kappa shape index (κ2) is 5.36. The quantitative estimate of drug-likeness (QED) is 0.873. The Hall–Kier alpha value is -1.50. The summed E-state index contributed by atoms with van der Waals surface area (Å²) in [4.78, 5) is 10.6. The summed E-state index contributed by atoms with van der Waals surface area (Å²) >= 11 is 1.73. The highest BCUT2D eigenvalue weighted by atomic mass is 32.2. The van der Waals surface area contributed by atoms with Crippen LogP contribution in [0.25, 0.3) is 0 Å². The standard InChI is InChI=1S/C15H19N5S/c1-18-8-10-19(11-9-18)14-17-12-4-2-3-5-13(12)21-15-16-6-7-20(14)15/h2-7,14,17H,8-11H2,1H3. The third-order valence-corrected chi connectivity index (χ3v) is 5.23. The van der Waals surface area contributed by atoms with Crippen molar-refractivity contribution in [2.75, 3.05) is 38.5 Å². The topological polar surface area (TPSA) is 36.3 Å². The number of hydrogen-bond donors (Lipinski definition) is 1. The van der Waals surface area contributed by atoms with Gasteiger partial charge in [-0.3, -0.25) is 9.47 Å². The molecule has 5 nitrogen and oxygen atoms in total. The molecule has 1 aromatic heterocycles. The molecule has 6 heteroatoms. The van der Waals surface area contributed by atoms with Crippen molar-refractivity contribution in [3.63, 3.8) is 0 Å². The third kappa shape index (κ3) is 2.43. The number of aromatic nitrogens is 2. The first kappa shape index (κ1) is 13.2.